The molecule has 0 amide bonds. The average molecular weight is 374 g/mol. The molecule has 0 saturated carbocycles. The van der Waals surface area contributed by atoms with E-state index in [0.29, 0.717) is 15.4 Å². The maximum absolute atomic E-state index is 12.7. The van der Waals surface area contributed by atoms with Crippen molar-refractivity contribution in [3.8, 4) is 0 Å². The molecule has 5 nitrogen and oxygen atoms in total. The van der Waals surface area contributed by atoms with E-state index >= 15 is 0 Å². The van der Waals surface area contributed by atoms with Gasteiger partial charge in [0.25, 0.3) is 5.56 Å². The highest BCUT2D eigenvalue weighted by Crippen LogP contribution is 2.36. The molecule has 2 aromatic heterocycles. The molecule has 3 aromatic rings. The van der Waals surface area contributed by atoms with Crippen LogP contribution in [0.15, 0.2) is 40.3 Å². The van der Waals surface area contributed by atoms with E-state index in [9.17, 15) is 9.59 Å². The molecule has 0 aliphatic carbocycles. The first kappa shape index (κ1) is 17.7. The maximum Gasteiger partial charge on any atom is 0.323 e. The number of carbonyl (C=O) groups excluding carboxylic acids is 1. The minimum Gasteiger partial charge on any atom is -0.468 e. The average Bonchev–Trinajstić information content (AvgIpc) is 2.91. The lowest BCUT2D eigenvalue weighted by Crippen LogP contribution is -2.21. The van der Waals surface area contributed by atoms with Gasteiger partial charge in [-0.2, -0.15) is 0 Å². The fourth-order valence-corrected chi connectivity index (χ4v) is 4.71. The number of hydrogen-bond acceptors (Lipinski definition) is 6. The van der Waals surface area contributed by atoms with E-state index in [2.05, 4.69) is 4.98 Å². The lowest BCUT2D eigenvalue weighted by Gasteiger charge is -2.15. The highest BCUT2D eigenvalue weighted by Gasteiger charge is 2.25. The Hall–Kier alpha value is -2.12. The first-order chi connectivity index (χ1) is 11.9. The summed E-state index contributed by atoms with van der Waals surface area (Å²) in [6.45, 7) is 3.92. The van der Waals surface area contributed by atoms with Crippen LogP contribution in [0.5, 0.6) is 0 Å². The number of ether oxygens (including phenoxy) is 1. The Balaban J connectivity index is 2.10. The number of nitrogens with zero attached hydrogens (tertiary/aromatic N) is 2. The zero-order valence-corrected chi connectivity index (χ0v) is 16.0. The second-order valence-electron chi connectivity index (χ2n) is 5.65. The fraction of sp³-hybridized carbons (Fsp3) is 0.278. The molecular weight excluding hydrogens is 356 g/mol. The Morgan fingerprint density at radius 1 is 1.28 bits per heavy atom. The number of hydrogen-bond donors (Lipinski definition) is 0. The third-order valence-corrected chi connectivity index (χ3v) is 6.49. The van der Waals surface area contributed by atoms with E-state index in [0.717, 1.165) is 16.0 Å². The second kappa shape index (κ2) is 7.01. The predicted octanol–water partition coefficient (Wildman–Crippen LogP) is 3.62. The van der Waals surface area contributed by atoms with Crippen LogP contribution >= 0.6 is 23.1 Å². The van der Waals surface area contributed by atoms with Crippen molar-refractivity contribution >= 4 is 39.3 Å². The third kappa shape index (κ3) is 3.21. The number of esters is 1. The number of methoxy groups -OCH3 is 1. The molecule has 0 radical (unpaired) electrons. The highest BCUT2D eigenvalue weighted by atomic mass is 32.2. The van der Waals surface area contributed by atoms with Crippen molar-refractivity contribution in [1.82, 2.24) is 9.55 Å². The summed E-state index contributed by atoms with van der Waals surface area (Å²) in [5.74, 6) is -0.371. The summed E-state index contributed by atoms with van der Waals surface area (Å²) in [6, 6.07) is 9.36. The summed E-state index contributed by atoms with van der Waals surface area (Å²) in [7, 11) is 3.04. The van der Waals surface area contributed by atoms with Crippen molar-refractivity contribution in [3.05, 3.63) is 56.7 Å². The number of thiophene rings is 1. The van der Waals surface area contributed by atoms with Gasteiger partial charge in [0.2, 0.25) is 0 Å². The highest BCUT2D eigenvalue weighted by molar-refractivity contribution is 8.00. The van der Waals surface area contributed by atoms with Gasteiger partial charge in [-0.25, -0.2) is 4.98 Å². The minimum absolute atomic E-state index is 0.0916. The first-order valence-electron chi connectivity index (χ1n) is 7.70. The molecule has 0 N–H and O–H groups in total. The van der Waals surface area contributed by atoms with Gasteiger partial charge in [0.05, 0.1) is 12.5 Å². The lowest BCUT2D eigenvalue weighted by molar-refractivity contribution is -0.140. The number of benzene rings is 1. The van der Waals surface area contributed by atoms with Crippen molar-refractivity contribution in [2.24, 2.45) is 7.05 Å². The number of aryl methyl sites for hydroxylation is 2. The molecular formula is C18H18N2O3S2. The Bertz CT molecular complexity index is 993. The molecule has 0 fully saturated rings. The molecule has 0 aliphatic heterocycles. The molecule has 1 unspecified atom stereocenters. The van der Waals surface area contributed by atoms with E-state index in [-0.39, 0.29) is 11.5 Å². The van der Waals surface area contributed by atoms with Gasteiger partial charge in [-0.3, -0.25) is 14.2 Å². The van der Waals surface area contributed by atoms with Crippen molar-refractivity contribution in [3.63, 3.8) is 0 Å². The molecule has 3 rings (SSSR count). The van der Waals surface area contributed by atoms with Crippen LogP contribution in [0.1, 0.15) is 21.3 Å². The Morgan fingerprint density at radius 3 is 2.60 bits per heavy atom. The summed E-state index contributed by atoms with van der Waals surface area (Å²) < 4.78 is 6.45. The van der Waals surface area contributed by atoms with E-state index in [4.69, 9.17) is 4.74 Å². The van der Waals surface area contributed by atoms with Gasteiger partial charge in [-0.15, -0.1) is 11.3 Å². The van der Waals surface area contributed by atoms with Crippen LogP contribution in [0, 0.1) is 13.8 Å². The largest absolute Gasteiger partial charge is 0.468 e. The molecule has 2 heterocycles. The summed E-state index contributed by atoms with van der Waals surface area (Å²) in [5.41, 5.74) is 1.69. The summed E-state index contributed by atoms with van der Waals surface area (Å²) in [4.78, 5) is 31.4. The first-order valence-corrected chi connectivity index (χ1v) is 9.39. The number of rotatable bonds is 4. The van der Waals surface area contributed by atoms with Crippen LogP contribution in [0.2, 0.25) is 0 Å². The molecule has 1 atom stereocenters. The maximum atomic E-state index is 12.7. The molecule has 7 heteroatoms. The lowest BCUT2D eigenvalue weighted by atomic mass is 10.1. The predicted molar refractivity (Wildman–Crippen MR) is 101 cm³/mol. The van der Waals surface area contributed by atoms with Crippen LogP contribution in [0.25, 0.3) is 10.2 Å². The van der Waals surface area contributed by atoms with Gasteiger partial charge >= 0.3 is 5.97 Å². The quantitative estimate of drug-likeness (QED) is 0.397. The summed E-state index contributed by atoms with van der Waals surface area (Å²) >= 11 is 2.73. The normalized spacial score (nSPS) is 12.3. The van der Waals surface area contributed by atoms with Crippen LogP contribution in [0.4, 0.5) is 0 Å². The molecule has 0 aliphatic rings. The van der Waals surface area contributed by atoms with Crippen molar-refractivity contribution in [1.29, 1.82) is 0 Å². The van der Waals surface area contributed by atoms with Crippen molar-refractivity contribution in [2.45, 2.75) is 24.3 Å². The Kier molecular flexibility index (Phi) is 4.96. The number of aromatic nitrogens is 2. The monoisotopic (exact) mass is 374 g/mol. The topological polar surface area (TPSA) is 61.2 Å². The van der Waals surface area contributed by atoms with Crippen LogP contribution in [-0.2, 0) is 16.6 Å². The van der Waals surface area contributed by atoms with Gasteiger partial charge in [0.15, 0.2) is 5.16 Å². The standard InChI is InChI=1S/C18H18N2O3S2/c1-10-11(2)24-15-13(10)16(21)20(3)18(19-15)25-14(17(22)23-4)12-8-6-5-7-9-12/h5-9,14H,1-4H3. The van der Waals surface area contributed by atoms with Crippen LogP contribution in [0.3, 0.4) is 0 Å². The molecule has 0 spiro atoms. The van der Waals surface area contributed by atoms with Crippen LogP contribution in [-0.4, -0.2) is 22.6 Å². The summed E-state index contributed by atoms with van der Waals surface area (Å²) in [6.07, 6.45) is 0. The van der Waals surface area contributed by atoms with Gasteiger partial charge in [0, 0.05) is 11.9 Å². The smallest absolute Gasteiger partial charge is 0.323 e. The Labute approximate surface area is 153 Å². The molecule has 1 aromatic carbocycles. The van der Waals surface area contributed by atoms with E-state index < -0.39 is 5.25 Å². The van der Waals surface area contributed by atoms with Crippen molar-refractivity contribution in [2.75, 3.05) is 7.11 Å². The van der Waals surface area contributed by atoms with Gasteiger partial charge in [-0.05, 0) is 25.0 Å². The van der Waals surface area contributed by atoms with Crippen LogP contribution < -0.4 is 5.56 Å². The van der Waals surface area contributed by atoms with E-state index in [1.807, 2.05) is 44.2 Å². The number of carbonyl (C=O) groups is 1. The van der Waals surface area contributed by atoms with Gasteiger partial charge in [0.1, 0.15) is 10.1 Å². The zero-order chi connectivity index (χ0) is 18.1. The minimum atomic E-state index is -0.580. The van der Waals surface area contributed by atoms with E-state index in [1.54, 1.807) is 7.05 Å². The van der Waals surface area contributed by atoms with Gasteiger partial charge in [-0.1, -0.05) is 42.1 Å². The fourth-order valence-electron chi connectivity index (χ4n) is 2.55. The van der Waals surface area contributed by atoms with Gasteiger partial charge < -0.3 is 4.74 Å². The molecule has 0 saturated heterocycles. The number of fused-ring (bicyclic) bond motifs is 1. The summed E-state index contributed by atoms with van der Waals surface area (Å²) in [5, 5.41) is 0.575. The molecule has 0 bridgehead atoms. The SMILES string of the molecule is COC(=O)C(Sc1nc2sc(C)c(C)c2c(=O)n1C)c1ccccc1. The Morgan fingerprint density at radius 2 is 1.96 bits per heavy atom. The molecule has 25 heavy (non-hydrogen) atoms. The second-order valence-corrected chi connectivity index (χ2v) is 7.93. The van der Waals surface area contributed by atoms with Crippen molar-refractivity contribution < 1.29 is 9.53 Å². The zero-order valence-electron chi connectivity index (χ0n) is 14.4. The third-order valence-electron chi connectivity index (χ3n) is 4.11. The molecule has 130 valence electrons. The van der Waals surface area contributed by atoms with E-state index in [1.165, 1.54) is 34.8 Å². The number of thioether (sulfide) groups is 1.